The van der Waals surface area contributed by atoms with E-state index in [1.54, 1.807) is 0 Å². The third kappa shape index (κ3) is 4.06. The molecule has 4 heteroatoms. The van der Waals surface area contributed by atoms with Crippen molar-refractivity contribution in [3.63, 3.8) is 0 Å². The van der Waals surface area contributed by atoms with Crippen molar-refractivity contribution in [2.75, 3.05) is 13.1 Å². The molecule has 24 heavy (non-hydrogen) atoms. The summed E-state index contributed by atoms with van der Waals surface area (Å²) in [7, 11) is 0. The minimum absolute atomic E-state index is 0.000588. The molecule has 2 atom stereocenters. The summed E-state index contributed by atoms with van der Waals surface area (Å²) in [6.45, 7) is 11.9. The van der Waals surface area contributed by atoms with Crippen LogP contribution in [0.1, 0.15) is 54.1 Å². The number of hydrogen-bond acceptors (Lipinski definition) is 2. The first-order valence-electron chi connectivity index (χ1n) is 8.70. The summed E-state index contributed by atoms with van der Waals surface area (Å²) in [5, 5.41) is 6.33. The second kappa shape index (κ2) is 8.15. The molecule has 1 aromatic heterocycles. The maximum Gasteiger partial charge on any atom is 0.253 e. The van der Waals surface area contributed by atoms with Crippen LogP contribution in [0.4, 0.5) is 0 Å². The quantitative estimate of drug-likeness (QED) is 0.818. The lowest BCUT2D eigenvalue weighted by atomic mass is 10.1. The van der Waals surface area contributed by atoms with E-state index < -0.39 is 0 Å². The van der Waals surface area contributed by atoms with Crippen LogP contribution in [0.15, 0.2) is 36.4 Å². The average molecular weight is 327 g/mol. The number of aromatic nitrogens is 1. The van der Waals surface area contributed by atoms with Gasteiger partial charge in [-0.3, -0.25) is 4.79 Å². The summed E-state index contributed by atoms with van der Waals surface area (Å²) in [5.74, 6) is -0.000588. The second-order valence-electron chi connectivity index (χ2n) is 6.41. The van der Waals surface area contributed by atoms with Gasteiger partial charge in [0.25, 0.3) is 5.91 Å². The van der Waals surface area contributed by atoms with E-state index in [4.69, 9.17) is 0 Å². The standard InChI is InChI=1S/C20H29N3O/c1-6-21-14(2)13-22-20(24)19-12-15(3)23(17(19)5)16(4)18-10-8-7-9-11-18/h7-12,14,16,21H,6,13H2,1-5H3,(H,22,24)/t14-,16?/m1/s1. The molecule has 1 amide bonds. The molecule has 0 bridgehead atoms. The van der Waals surface area contributed by atoms with Crippen LogP contribution in [-0.2, 0) is 0 Å². The fraction of sp³-hybridized carbons (Fsp3) is 0.450. The van der Waals surface area contributed by atoms with Gasteiger partial charge in [-0.1, -0.05) is 37.3 Å². The molecular weight excluding hydrogens is 298 g/mol. The Morgan fingerprint density at radius 1 is 1.17 bits per heavy atom. The van der Waals surface area contributed by atoms with Gasteiger partial charge in [-0.2, -0.15) is 0 Å². The molecule has 0 spiro atoms. The molecule has 0 aliphatic carbocycles. The Labute approximate surface area is 145 Å². The SMILES string of the molecule is CCN[C@H](C)CNC(=O)c1cc(C)n(C(C)c2ccccc2)c1C. The second-order valence-corrected chi connectivity index (χ2v) is 6.41. The number of nitrogens with one attached hydrogen (secondary N) is 2. The molecule has 4 nitrogen and oxygen atoms in total. The van der Waals surface area contributed by atoms with Crippen molar-refractivity contribution >= 4 is 5.91 Å². The van der Waals surface area contributed by atoms with Gasteiger partial charge >= 0.3 is 0 Å². The monoisotopic (exact) mass is 327 g/mol. The molecule has 1 heterocycles. The third-order valence-electron chi connectivity index (χ3n) is 4.52. The average Bonchev–Trinajstić information content (AvgIpc) is 2.88. The van der Waals surface area contributed by atoms with Gasteiger partial charge in [-0.25, -0.2) is 0 Å². The Morgan fingerprint density at radius 3 is 2.46 bits per heavy atom. The van der Waals surface area contributed by atoms with E-state index in [-0.39, 0.29) is 18.0 Å². The van der Waals surface area contributed by atoms with Crippen molar-refractivity contribution in [3.05, 3.63) is 58.9 Å². The van der Waals surface area contributed by atoms with Crippen molar-refractivity contribution < 1.29 is 4.79 Å². The van der Waals surface area contributed by atoms with Crippen LogP contribution < -0.4 is 10.6 Å². The molecule has 0 aliphatic heterocycles. The number of likely N-dealkylation sites (N-methyl/N-ethyl adjacent to an activating group) is 1. The molecule has 2 rings (SSSR count). The summed E-state index contributed by atoms with van der Waals surface area (Å²) < 4.78 is 2.23. The molecule has 2 aromatic rings. The van der Waals surface area contributed by atoms with Gasteiger partial charge in [-0.15, -0.1) is 0 Å². The van der Waals surface area contributed by atoms with Crippen molar-refractivity contribution in [1.82, 2.24) is 15.2 Å². The number of amides is 1. The fourth-order valence-corrected chi connectivity index (χ4v) is 3.25. The van der Waals surface area contributed by atoms with Gasteiger partial charge in [0.05, 0.1) is 11.6 Å². The zero-order valence-corrected chi connectivity index (χ0v) is 15.4. The lowest BCUT2D eigenvalue weighted by Crippen LogP contribution is -2.38. The Morgan fingerprint density at radius 2 is 1.83 bits per heavy atom. The minimum Gasteiger partial charge on any atom is -0.350 e. The largest absolute Gasteiger partial charge is 0.350 e. The predicted octanol–water partition coefficient (Wildman–Crippen LogP) is 3.44. The molecule has 0 radical (unpaired) electrons. The maximum atomic E-state index is 12.5. The summed E-state index contributed by atoms with van der Waals surface area (Å²) in [5.41, 5.74) is 4.12. The van der Waals surface area contributed by atoms with Crippen molar-refractivity contribution in [2.45, 2.75) is 46.7 Å². The molecule has 0 fully saturated rings. The highest BCUT2D eigenvalue weighted by Crippen LogP contribution is 2.25. The van der Waals surface area contributed by atoms with E-state index in [1.165, 1.54) is 5.56 Å². The number of rotatable bonds is 7. The summed E-state index contributed by atoms with van der Waals surface area (Å²) in [6, 6.07) is 12.8. The molecule has 1 unspecified atom stereocenters. The molecule has 2 N–H and O–H groups in total. The highest BCUT2D eigenvalue weighted by molar-refractivity contribution is 5.95. The Kier molecular flexibility index (Phi) is 6.21. The van der Waals surface area contributed by atoms with Gasteiger partial charge in [0.1, 0.15) is 0 Å². The van der Waals surface area contributed by atoms with Crippen LogP contribution in [-0.4, -0.2) is 29.6 Å². The minimum atomic E-state index is -0.000588. The van der Waals surface area contributed by atoms with Crippen molar-refractivity contribution in [2.24, 2.45) is 0 Å². The molecule has 0 saturated carbocycles. The Bertz CT molecular complexity index is 676. The lowest BCUT2D eigenvalue weighted by Gasteiger charge is -2.19. The van der Waals surface area contributed by atoms with Crippen LogP contribution in [0.5, 0.6) is 0 Å². The van der Waals surface area contributed by atoms with Crippen molar-refractivity contribution in [1.29, 1.82) is 0 Å². The predicted molar refractivity (Wildman–Crippen MR) is 99.6 cm³/mol. The lowest BCUT2D eigenvalue weighted by molar-refractivity contribution is 0.0949. The van der Waals surface area contributed by atoms with E-state index in [1.807, 2.05) is 19.1 Å². The summed E-state index contributed by atoms with van der Waals surface area (Å²) >= 11 is 0. The number of hydrogen-bond donors (Lipinski definition) is 2. The summed E-state index contributed by atoms with van der Waals surface area (Å²) in [6.07, 6.45) is 0. The maximum absolute atomic E-state index is 12.5. The Balaban J connectivity index is 2.18. The van der Waals surface area contributed by atoms with Crippen LogP contribution in [0.25, 0.3) is 0 Å². The van der Waals surface area contributed by atoms with Crippen molar-refractivity contribution in [3.8, 4) is 0 Å². The topological polar surface area (TPSA) is 46.1 Å². The van der Waals surface area contributed by atoms with Crippen LogP contribution >= 0.6 is 0 Å². The van der Waals surface area contributed by atoms with E-state index in [0.717, 1.165) is 23.5 Å². The molecule has 0 aliphatic rings. The van der Waals surface area contributed by atoms with Gasteiger partial charge < -0.3 is 15.2 Å². The number of aryl methyl sites for hydroxylation is 1. The highest BCUT2D eigenvalue weighted by atomic mass is 16.1. The normalized spacial score (nSPS) is 13.5. The first kappa shape index (κ1) is 18.3. The van der Waals surface area contributed by atoms with E-state index in [0.29, 0.717) is 6.54 Å². The molecule has 0 saturated heterocycles. The van der Waals surface area contributed by atoms with E-state index >= 15 is 0 Å². The third-order valence-corrected chi connectivity index (χ3v) is 4.52. The Hall–Kier alpha value is -2.07. The van der Waals surface area contributed by atoms with Crippen LogP contribution in [0.2, 0.25) is 0 Å². The first-order chi connectivity index (χ1) is 11.5. The molecule has 130 valence electrons. The number of carbonyl (C=O) groups excluding carboxylic acids is 1. The van der Waals surface area contributed by atoms with Crippen LogP contribution in [0, 0.1) is 13.8 Å². The zero-order chi connectivity index (χ0) is 17.7. The van der Waals surface area contributed by atoms with E-state index in [2.05, 4.69) is 67.2 Å². The van der Waals surface area contributed by atoms with Gasteiger partial charge in [0.2, 0.25) is 0 Å². The highest BCUT2D eigenvalue weighted by Gasteiger charge is 2.19. The van der Waals surface area contributed by atoms with E-state index in [9.17, 15) is 4.79 Å². The molecular formula is C20H29N3O. The number of nitrogens with zero attached hydrogens (tertiary/aromatic N) is 1. The number of carbonyl (C=O) groups is 1. The summed E-state index contributed by atoms with van der Waals surface area (Å²) in [4.78, 5) is 12.5. The fourth-order valence-electron chi connectivity index (χ4n) is 3.25. The van der Waals surface area contributed by atoms with Gasteiger partial charge in [-0.05, 0) is 45.9 Å². The van der Waals surface area contributed by atoms with Crippen LogP contribution in [0.3, 0.4) is 0 Å². The smallest absolute Gasteiger partial charge is 0.253 e. The zero-order valence-electron chi connectivity index (χ0n) is 15.4. The van der Waals surface area contributed by atoms with Gasteiger partial charge in [0, 0.05) is 24.0 Å². The van der Waals surface area contributed by atoms with Gasteiger partial charge in [0.15, 0.2) is 0 Å². The number of benzene rings is 1. The first-order valence-corrected chi connectivity index (χ1v) is 8.70. The molecule has 1 aromatic carbocycles.